The van der Waals surface area contributed by atoms with Gasteiger partial charge in [-0.25, -0.2) is 15.0 Å². The van der Waals surface area contributed by atoms with Crippen molar-refractivity contribution in [3.8, 4) is 11.4 Å². The molecule has 0 saturated heterocycles. The first-order valence-corrected chi connectivity index (χ1v) is 10.9. The van der Waals surface area contributed by atoms with Gasteiger partial charge in [-0.2, -0.15) is 31.4 Å². The van der Waals surface area contributed by atoms with Crippen molar-refractivity contribution < 1.29 is 26.3 Å². The quantitative estimate of drug-likeness (QED) is 0.164. The molecule has 2 N–H and O–H groups in total. The number of benzene rings is 2. The Morgan fingerprint density at radius 2 is 1.51 bits per heavy atom. The highest BCUT2D eigenvalue weighted by Gasteiger charge is 2.37. The number of aromatic amines is 1. The topological polar surface area (TPSA) is 79.4 Å². The van der Waals surface area contributed by atoms with Gasteiger partial charge >= 0.3 is 12.4 Å². The van der Waals surface area contributed by atoms with Gasteiger partial charge in [-0.15, -0.1) is 0 Å². The van der Waals surface area contributed by atoms with Crippen molar-refractivity contribution >= 4 is 29.2 Å². The minimum absolute atomic E-state index is 0.0373. The maximum Gasteiger partial charge on any atom is 0.416 e. The molecule has 0 spiro atoms. The third-order valence-corrected chi connectivity index (χ3v) is 5.42. The van der Waals surface area contributed by atoms with Gasteiger partial charge in [0.2, 0.25) is 0 Å². The Hall–Kier alpha value is -3.32. The SMILES string of the molecule is FC(F)(F)c1cc(-c2n[nH]c(Sc3nc(Cl)cc(NCc4ccccc4)n3)n2)cc(C(F)(F)F)c1. The summed E-state index contributed by atoms with van der Waals surface area (Å²) in [7, 11) is 0. The molecule has 4 aromatic rings. The third kappa shape index (κ3) is 6.42. The Morgan fingerprint density at radius 3 is 2.14 bits per heavy atom. The number of rotatable bonds is 6. The lowest BCUT2D eigenvalue weighted by Gasteiger charge is -2.13. The highest BCUT2D eigenvalue weighted by atomic mass is 35.5. The second-order valence-electron chi connectivity index (χ2n) is 7.06. The molecule has 182 valence electrons. The van der Waals surface area contributed by atoms with Crippen molar-refractivity contribution in [1.82, 2.24) is 25.1 Å². The molecule has 2 heterocycles. The van der Waals surface area contributed by atoms with Crippen LogP contribution in [-0.4, -0.2) is 25.1 Å². The van der Waals surface area contributed by atoms with E-state index in [4.69, 9.17) is 11.6 Å². The molecule has 14 heteroatoms. The van der Waals surface area contributed by atoms with Gasteiger partial charge in [0.1, 0.15) is 11.0 Å². The van der Waals surface area contributed by atoms with Crippen LogP contribution in [-0.2, 0) is 18.9 Å². The van der Waals surface area contributed by atoms with Gasteiger partial charge in [0.05, 0.1) is 11.1 Å². The molecule has 4 rings (SSSR count). The molecule has 6 nitrogen and oxygen atoms in total. The lowest BCUT2D eigenvalue weighted by molar-refractivity contribution is -0.143. The van der Waals surface area contributed by atoms with Crippen LogP contribution >= 0.6 is 23.4 Å². The van der Waals surface area contributed by atoms with E-state index < -0.39 is 29.0 Å². The molecule has 0 aliphatic carbocycles. The molecule has 35 heavy (non-hydrogen) atoms. The van der Waals surface area contributed by atoms with Gasteiger partial charge in [0.15, 0.2) is 16.1 Å². The van der Waals surface area contributed by atoms with E-state index in [0.717, 1.165) is 17.3 Å². The van der Waals surface area contributed by atoms with E-state index in [1.807, 2.05) is 30.3 Å². The van der Waals surface area contributed by atoms with Crippen molar-refractivity contribution in [1.29, 1.82) is 0 Å². The number of aromatic nitrogens is 5. The standard InChI is InChI=1S/C21H13ClF6N6S/c22-15-9-16(29-10-11-4-2-1-3-5-11)31-18(30-15)35-19-32-17(33-34-19)12-6-13(20(23,24)25)8-14(7-12)21(26,27)28/h1-9H,10H2,(H,29,30,31)(H,32,33,34). The summed E-state index contributed by atoms with van der Waals surface area (Å²) in [6.45, 7) is 0.460. The average molecular weight is 531 g/mol. The number of anilines is 1. The van der Waals surface area contributed by atoms with Crippen LogP contribution in [0.25, 0.3) is 11.4 Å². The van der Waals surface area contributed by atoms with Gasteiger partial charge in [-0.05, 0) is 35.5 Å². The number of halogens is 7. The first-order valence-electron chi connectivity index (χ1n) is 9.70. The molecule has 2 aromatic carbocycles. The summed E-state index contributed by atoms with van der Waals surface area (Å²) in [6.07, 6.45) is -9.97. The van der Waals surface area contributed by atoms with Crippen LogP contribution in [0.2, 0.25) is 5.15 Å². The highest BCUT2D eigenvalue weighted by Crippen LogP contribution is 2.38. The Balaban J connectivity index is 1.56. The largest absolute Gasteiger partial charge is 0.416 e. The van der Waals surface area contributed by atoms with Crippen LogP contribution in [0, 0.1) is 0 Å². The molecule has 0 atom stereocenters. The van der Waals surface area contributed by atoms with E-state index in [1.54, 1.807) is 0 Å². The fraction of sp³-hybridized carbons (Fsp3) is 0.143. The second kappa shape index (κ2) is 9.74. The second-order valence-corrected chi connectivity index (χ2v) is 8.40. The molecular formula is C21H13ClF6N6S. The summed E-state index contributed by atoms with van der Waals surface area (Å²) in [5.74, 6) is 0.0531. The monoisotopic (exact) mass is 530 g/mol. The van der Waals surface area contributed by atoms with Crippen LogP contribution in [0.1, 0.15) is 16.7 Å². The first kappa shape index (κ1) is 24.8. The number of nitrogens with one attached hydrogen (secondary N) is 2. The molecule has 0 amide bonds. The van der Waals surface area contributed by atoms with E-state index in [-0.39, 0.29) is 27.4 Å². The zero-order valence-corrected chi connectivity index (χ0v) is 18.8. The van der Waals surface area contributed by atoms with E-state index >= 15 is 0 Å². The molecule has 0 fully saturated rings. The predicted molar refractivity (Wildman–Crippen MR) is 117 cm³/mol. The normalized spacial score (nSPS) is 12.1. The zero-order chi connectivity index (χ0) is 25.2. The van der Waals surface area contributed by atoms with E-state index in [1.165, 1.54) is 6.07 Å². The molecular weight excluding hydrogens is 518 g/mol. The number of H-pyrrole nitrogens is 1. The van der Waals surface area contributed by atoms with Crippen LogP contribution < -0.4 is 5.32 Å². The van der Waals surface area contributed by atoms with Gasteiger partial charge in [-0.1, -0.05) is 41.9 Å². The Bertz CT molecular complexity index is 1290. The van der Waals surface area contributed by atoms with Gasteiger partial charge in [-0.3, -0.25) is 5.10 Å². The molecule has 0 aliphatic rings. The number of alkyl halides is 6. The van der Waals surface area contributed by atoms with E-state index in [9.17, 15) is 26.3 Å². The summed E-state index contributed by atoms with van der Waals surface area (Å²) in [6, 6.07) is 12.1. The summed E-state index contributed by atoms with van der Waals surface area (Å²) in [4.78, 5) is 12.3. The predicted octanol–water partition coefficient (Wildman–Crippen LogP) is 6.72. The zero-order valence-electron chi connectivity index (χ0n) is 17.2. The molecule has 0 bridgehead atoms. The van der Waals surface area contributed by atoms with Gasteiger partial charge < -0.3 is 5.32 Å². The van der Waals surface area contributed by atoms with E-state index in [0.29, 0.717) is 24.5 Å². The van der Waals surface area contributed by atoms with Crippen molar-refractivity contribution in [2.45, 2.75) is 29.2 Å². The summed E-state index contributed by atoms with van der Waals surface area (Å²) >= 11 is 6.91. The summed E-state index contributed by atoms with van der Waals surface area (Å²) in [5.41, 5.74) is -2.38. The summed E-state index contributed by atoms with van der Waals surface area (Å²) < 4.78 is 78.8. The fourth-order valence-electron chi connectivity index (χ4n) is 2.91. The fourth-order valence-corrected chi connectivity index (χ4v) is 3.83. The maximum atomic E-state index is 13.1. The van der Waals surface area contributed by atoms with Crippen LogP contribution in [0.3, 0.4) is 0 Å². The molecule has 0 radical (unpaired) electrons. The van der Waals surface area contributed by atoms with Crippen molar-refractivity contribution in [3.05, 3.63) is 76.4 Å². The van der Waals surface area contributed by atoms with Crippen molar-refractivity contribution in [3.63, 3.8) is 0 Å². The number of hydrogen-bond donors (Lipinski definition) is 2. The Kier molecular flexibility index (Phi) is 6.90. The van der Waals surface area contributed by atoms with Crippen LogP contribution in [0.4, 0.5) is 32.2 Å². The lowest BCUT2D eigenvalue weighted by atomic mass is 10.0. The number of hydrogen-bond acceptors (Lipinski definition) is 6. The molecule has 2 aromatic heterocycles. The van der Waals surface area contributed by atoms with Gasteiger partial charge in [0, 0.05) is 18.2 Å². The minimum atomic E-state index is -4.98. The molecule has 0 unspecified atom stereocenters. The maximum absolute atomic E-state index is 13.1. The number of nitrogens with zero attached hydrogens (tertiary/aromatic N) is 4. The average Bonchev–Trinajstić information content (AvgIpc) is 3.25. The minimum Gasteiger partial charge on any atom is -0.366 e. The molecule has 0 aliphatic heterocycles. The third-order valence-electron chi connectivity index (χ3n) is 4.49. The lowest BCUT2D eigenvalue weighted by Crippen LogP contribution is -2.11. The van der Waals surface area contributed by atoms with Crippen molar-refractivity contribution in [2.24, 2.45) is 0 Å². The van der Waals surface area contributed by atoms with Gasteiger partial charge in [0.25, 0.3) is 0 Å². The molecule has 0 saturated carbocycles. The smallest absolute Gasteiger partial charge is 0.366 e. The van der Waals surface area contributed by atoms with Crippen LogP contribution in [0.15, 0.2) is 64.9 Å². The Morgan fingerprint density at radius 1 is 0.857 bits per heavy atom. The summed E-state index contributed by atoms with van der Waals surface area (Å²) in [5, 5.41) is 9.60. The Labute approximate surface area is 203 Å². The highest BCUT2D eigenvalue weighted by molar-refractivity contribution is 7.99. The van der Waals surface area contributed by atoms with Crippen molar-refractivity contribution in [2.75, 3.05) is 5.32 Å². The van der Waals surface area contributed by atoms with E-state index in [2.05, 4.69) is 30.5 Å². The van der Waals surface area contributed by atoms with Crippen LogP contribution in [0.5, 0.6) is 0 Å². The first-order chi connectivity index (χ1) is 16.5.